The van der Waals surface area contributed by atoms with Crippen molar-refractivity contribution < 1.29 is 0 Å². The summed E-state index contributed by atoms with van der Waals surface area (Å²) >= 11 is 6.58. The Morgan fingerprint density at radius 3 is 2.95 bits per heavy atom. The Hall–Kier alpha value is -2.12. The molecule has 0 fully saturated rings. The molecule has 20 heavy (non-hydrogen) atoms. The summed E-state index contributed by atoms with van der Waals surface area (Å²) in [5.74, 6) is 0.356. The van der Waals surface area contributed by atoms with Crippen molar-refractivity contribution >= 4 is 44.6 Å². The first-order chi connectivity index (χ1) is 9.63. The molecule has 5 nitrogen and oxygen atoms in total. The minimum atomic E-state index is -0.199. The van der Waals surface area contributed by atoms with E-state index >= 15 is 0 Å². The zero-order chi connectivity index (χ0) is 14.1. The van der Waals surface area contributed by atoms with Gasteiger partial charge in [-0.25, -0.2) is 4.98 Å². The van der Waals surface area contributed by atoms with E-state index in [2.05, 4.69) is 19.7 Å². The van der Waals surface area contributed by atoms with Gasteiger partial charge in [0.2, 0.25) is 0 Å². The van der Waals surface area contributed by atoms with Gasteiger partial charge in [-0.05, 0) is 36.7 Å². The normalized spacial score (nSPS) is 10.7. The first kappa shape index (κ1) is 12.9. The van der Waals surface area contributed by atoms with E-state index in [1.807, 2.05) is 19.1 Å². The number of H-pyrrole nitrogens is 1. The molecule has 7 heteroatoms. The number of aromatic amines is 1. The summed E-state index contributed by atoms with van der Waals surface area (Å²) in [5, 5.41) is 4.40. The Bertz CT molecular complexity index is 853. The zero-order valence-corrected chi connectivity index (χ0v) is 12.1. The number of benzene rings is 1. The molecule has 0 saturated heterocycles. The fraction of sp³-hybridized carbons (Fsp3) is 0.0769. The smallest absolute Gasteiger partial charge is 0.259 e. The molecule has 0 unspecified atom stereocenters. The second kappa shape index (κ2) is 5.10. The molecular formula is C13H10N4OS2. The van der Waals surface area contributed by atoms with Gasteiger partial charge in [-0.15, -0.1) is 0 Å². The number of thiocarbonyl (C=S) groups is 1. The number of aromatic nitrogens is 3. The number of aryl methyl sites for hydroxylation is 1. The van der Waals surface area contributed by atoms with E-state index < -0.39 is 0 Å². The van der Waals surface area contributed by atoms with Gasteiger partial charge in [-0.2, -0.15) is 4.37 Å². The van der Waals surface area contributed by atoms with Crippen LogP contribution in [0.3, 0.4) is 0 Å². The molecule has 0 bridgehead atoms. The molecule has 0 spiro atoms. The molecular weight excluding hydrogens is 292 g/mol. The summed E-state index contributed by atoms with van der Waals surface area (Å²) in [6.07, 6.45) is 0. The number of rotatable bonds is 2. The average molecular weight is 302 g/mol. The summed E-state index contributed by atoms with van der Waals surface area (Å²) in [5.41, 5.74) is 1.34. The van der Waals surface area contributed by atoms with Gasteiger partial charge < -0.3 is 10.3 Å². The van der Waals surface area contributed by atoms with Crippen LogP contribution in [0.25, 0.3) is 10.9 Å². The maximum Gasteiger partial charge on any atom is 0.259 e. The fourth-order valence-electron chi connectivity index (χ4n) is 1.79. The van der Waals surface area contributed by atoms with Crippen LogP contribution in [0.2, 0.25) is 0 Å². The van der Waals surface area contributed by atoms with Crippen molar-refractivity contribution in [1.82, 2.24) is 14.3 Å². The highest BCUT2D eigenvalue weighted by molar-refractivity contribution is 7.81. The number of hydrogen-bond acceptors (Lipinski definition) is 5. The van der Waals surface area contributed by atoms with Gasteiger partial charge in [0.05, 0.1) is 16.6 Å². The lowest BCUT2D eigenvalue weighted by Crippen LogP contribution is -2.19. The van der Waals surface area contributed by atoms with Crippen LogP contribution in [-0.4, -0.2) is 19.3 Å². The molecule has 0 amide bonds. The summed E-state index contributed by atoms with van der Waals surface area (Å²) in [6.45, 7) is 1.90. The Balaban J connectivity index is 1.97. The Kier molecular flexibility index (Phi) is 3.29. The third kappa shape index (κ3) is 2.45. The first-order valence-corrected chi connectivity index (χ1v) is 7.05. The van der Waals surface area contributed by atoms with Gasteiger partial charge in [0.15, 0.2) is 5.82 Å². The average Bonchev–Trinajstić information content (AvgIpc) is 2.84. The maximum absolute atomic E-state index is 12.0. The Labute approximate surface area is 123 Å². The van der Waals surface area contributed by atoms with Crippen molar-refractivity contribution in [1.29, 1.82) is 0 Å². The van der Waals surface area contributed by atoms with Crippen LogP contribution in [0.15, 0.2) is 35.1 Å². The van der Waals surface area contributed by atoms with Crippen molar-refractivity contribution in [2.24, 2.45) is 0 Å². The molecule has 3 rings (SSSR count). The van der Waals surface area contributed by atoms with E-state index in [0.29, 0.717) is 21.7 Å². The quantitative estimate of drug-likeness (QED) is 0.712. The van der Waals surface area contributed by atoms with Crippen molar-refractivity contribution in [2.45, 2.75) is 6.92 Å². The van der Waals surface area contributed by atoms with Gasteiger partial charge >= 0.3 is 0 Å². The van der Waals surface area contributed by atoms with Gasteiger partial charge in [-0.1, -0.05) is 24.4 Å². The number of nitrogens with one attached hydrogen (secondary N) is 2. The second-order valence-corrected chi connectivity index (χ2v) is 5.43. The third-order valence-corrected chi connectivity index (χ3v) is 3.78. The topological polar surface area (TPSA) is 70.7 Å². The van der Waals surface area contributed by atoms with Crippen LogP contribution >= 0.6 is 23.8 Å². The summed E-state index contributed by atoms with van der Waals surface area (Å²) < 4.78 is 4.16. The molecule has 0 aliphatic carbocycles. The van der Waals surface area contributed by atoms with Crippen LogP contribution < -0.4 is 10.9 Å². The maximum atomic E-state index is 12.0. The van der Waals surface area contributed by atoms with E-state index in [4.69, 9.17) is 12.2 Å². The molecule has 0 atom stereocenters. The molecule has 0 saturated carbocycles. The molecule has 0 aliphatic heterocycles. The second-order valence-electron chi connectivity index (χ2n) is 4.22. The van der Waals surface area contributed by atoms with Crippen LogP contribution in [-0.2, 0) is 0 Å². The molecule has 100 valence electrons. The monoisotopic (exact) mass is 302 g/mol. The lowest BCUT2D eigenvalue weighted by atomic mass is 10.2. The summed E-state index contributed by atoms with van der Waals surface area (Å²) in [6, 6.07) is 9.04. The minimum Gasteiger partial charge on any atom is -0.334 e. The summed E-state index contributed by atoms with van der Waals surface area (Å²) in [4.78, 5) is 19.4. The number of fused-ring (bicyclic) bond motifs is 1. The molecule has 1 aromatic carbocycles. The molecule has 2 N–H and O–H groups in total. The van der Waals surface area contributed by atoms with Crippen molar-refractivity contribution in [3.63, 3.8) is 0 Å². The predicted molar refractivity (Wildman–Crippen MR) is 84.5 cm³/mol. The van der Waals surface area contributed by atoms with E-state index in [0.717, 1.165) is 10.7 Å². The summed E-state index contributed by atoms with van der Waals surface area (Å²) in [7, 11) is 0. The number of para-hydroxylation sites is 1. The Morgan fingerprint density at radius 1 is 1.40 bits per heavy atom. The first-order valence-electron chi connectivity index (χ1n) is 5.87. The molecule has 2 aromatic heterocycles. The highest BCUT2D eigenvalue weighted by Crippen LogP contribution is 2.16. The van der Waals surface area contributed by atoms with Crippen molar-refractivity contribution in [3.8, 4) is 0 Å². The van der Waals surface area contributed by atoms with Gasteiger partial charge in [0.1, 0.15) is 9.99 Å². The van der Waals surface area contributed by atoms with E-state index in [-0.39, 0.29) is 5.56 Å². The third-order valence-electron chi connectivity index (χ3n) is 2.69. The largest absolute Gasteiger partial charge is 0.334 e. The highest BCUT2D eigenvalue weighted by atomic mass is 32.1. The van der Waals surface area contributed by atoms with Gasteiger partial charge in [0, 0.05) is 0 Å². The number of hydrogen-bond donors (Lipinski definition) is 2. The lowest BCUT2D eigenvalue weighted by molar-refractivity contribution is 1.14. The van der Waals surface area contributed by atoms with Crippen LogP contribution in [0.1, 0.15) is 11.5 Å². The van der Waals surface area contributed by atoms with E-state index in [9.17, 15) is 4.79 Å². The Morgan fingerprint density at radius 2 is 2.20 bits per heavy atom. The van der Waals surface area contributed by atoms with E-state index in [1.54, 1.807) is 18.2 Å². The lowest BCUT2D eigenvalue weighted by Gasteiger charge is -2.05. The van der Waals surface area contributed by atoms with Crippen LogP contribution in [0.4, 0.5) is 5.00 Å². The van der Waals surface area contributed by atoms with Gasteiger partial charge in [-0.3, -0.25) is 4.79 Å². The van der Waals surface area contributed by atoms with Gasteiger partial charge in [0.25, 0.3) is 5.56 Å². The molecule has 0 radical (unpaired) electrons. The SMILES string of the molecule is Cc1cc(NC(=S)c2nc3ccccc3c(=O)[nH]2)sn1. The van der Waals surface area contributed by atoms with E-state index in [1.165, 1.54) is 11.5 Å². The number of anilines is 1. The molecule has 3 aromatic rings. The zero-order valence-electron chi connectivity index (χ0n) is 10.5. The predicted octanol–water partition coefficient (Wildman–Crippen LogP) is 2.48. The van der Waals surface area contributed by atoms with Crippen molar-refractivity contribution in [3.05, 3.63) is 52.2 Å². The highest BCUT2D eigenvalue weighted by Gasteiger charge is 2.09. The fourth-order valence-corrected chi connectivity index (χ4v) is 2.72. The standard InChI is InChI=1S/C13H10N4OS2/c1-7-6-10(20-17-7)15-13(19)11-14-9-5-3-2-4-8(9)12(18)16-11/h2-6H,1H3,(H,15,19)(H,14,16,18). The molecule has 2 heterocycles. The van der Waals surface area contributed by atoms with Crippen molar-refractivity contribution in [2.75, 3.05) is 5.32 Å². The molecule has 0 aliphatic rings. The number of nitrogens with zero attached hydrogens (tertiary/aromatic N) is 2. The van der Waals surface area contributed by atoms with Crippen LogP contribution in [0, 0.1) is 6.92 Å². The minimum absolute atomic E-state index is 0.199. The van der Waals surface area contributed by atoms with Crippen LogP contribution in [0.5, 0.6) is 0 Å².